The van der Waals surface area contributed by atoms with E-state index in [1.807, 2.05) is 48.5 Å². The molecule has 0 heterocycles. The molecular formula is C19H10Cl2N2O2. The van der Waals surface area contributed by atoms with Crippen molar-refractivity contribution in [3.8, 4) is 29.4 Å². The smallest absolute Gasteiger partial charge is 0.190 e. The van der Waals surface area contributed by atoms with Crippen LogP contribution >= 0.6 is 23.2 Å². The highest BCUT2D eigenvalue weighted by Gasteiger charge is 2.25. The van der Waals surface area contributed by atoms with Gasteiger partial charge in [-0.05, 0) is 22.9 Å². The molecule has 0 amide bonds. The van der Waals surface area contributed by atoms with Crippen molar-refractivity contribution in [3.05, 3.63) is 63.6 Å². The van der Waals surface area contributed by atoms with E-state index in [-0.39, 0.29) is 32.7 Å². The molecular weight excluding hydrogens is 359 g/mol. The summed E-state index contributed by atoms with van der Waals surface area (Å²) in [5, 5.41) is 20.6. The van der Waals surface area contributed by atoms with Gasteiger partial charge >= 0.3 is 0 Å². The largest absolute Gasteiger partial charge is 0.491 e. The predicted molar refractivity (Wildman–Crippen MR) is 96.5 cm³/mol. The molecule has 0 saturated heterocycles. The topological polar surface area (TPSA) is 66.0 Å². The summed E-state index contributed by atoms with van der Waals surface area (Å²) >= 11 is 12.5. The SMILES string of the molecule is COc1c(Cl)c(C#N)c(C#N)c(Cl)c1Oc1ccc2ccccc2c1. The second-order valence-electron chi connectivity index (χ2n) is 5.07. The number of ether oxygens (including phenoxy) is 2. The van der Waals surface area contributed by atoms with Crippen LogP contribution < -0.4 is 9.47 Å². The first-order valence-electron chi connectivity index (χ1n) is 7.16. The third-order valence-corrected chi connectivity index (χ3v) is 4.38. The molecule has 0 radical (unpaired) electrons. The first-order valence-corrected chi connectivity index (χ1v) is 7.92. The molecule has 3 rings (SSSR count). The number of rotatable bonds is 3. The molecule has 6 heteroatoms. The fourth-order valence-electron chi connectivity index (χ4n) is 2.48. The molecule has 0 aliphatic rings. The van der Waals surface area contributed by atoms with Crippen molar-refractivity contribution in [2.45, 2.75) is 0 Å². The Bertz CT molecular complexity index is 1060. The van der Waals surface area contributed by atoms with Crippen LogP contribution in [0.4, 0.5) is 0 Å². The van der Waals surface area contributed by atoms with Crippen molar-refractivity contribution < 1.29 is 9.47 Å². The predicted octanol–water partition coefficient (Wildman–Crippen LogP) is 5.69. The Hall–Kier alpha value is -2.92. The minimum absolute atomic E-state index is 0.0123. The summed E-state index contributed by atoms with van der Waals surface area (Å²) in [4.78, 5) is 0. The molecule has 0 atom stereocenters. The van der Waals surface area contributed by atoms with Crippen LogP contribution in [0.25, 0.3) is 10.8 Å². The van der Waals surface area contributed by atoms with Crippen molar-refractivity contribution in [1.82, 2.24) is 0 Å². The Balaban J connectivity index is 2.17. The summed E-state index contributed by atoms with van der Waals surface area (Å²) in [6.07, 6.45) is 0. The van der Waals surface area contributed by atoms with Gasteiger partial charge in [0.05, 0.1) is 18.2 Å². The van der Waals surface area contributed by atoms with Gasteiger partial charge in [0.25, 0.3) is 0 Å². The van der Waals surface area contributed by atoms with Crippen LogP contribution in [0.1, 0.15) is 11.1 Å². The molecule has 0 unspecified atom stereocenters. The number of nitriles is 2. The normalized spacial score (nSPS) is 10.1. The van der Waals surface area contributed by atoms with Crippen LogP contribution in [0.2, 0.25) is 10.0 Å². The molecule has 0 spiro atoms. The zero-order valence-electron chi connectivity index (χ0n) is 13.0. The van der Waals surface area contributed by atoms with Gasteiger partial charge in [-0.3, -0.25) is 0 Å². The maximum atomic E-state index is 9.31. The van der Waals surface area contributed by atoms with Gasteiger partial charge in [0, 0.05) is 0 Å². The van der Waals surface area contributed by atoms with Gasteiger partial charge in [-0.2, -0.15) is 10.5 Å². The number of hydrogen-bond donors (Lipinski definition) is 0. The van der Waals surface area contributed by atoms with Crippen LogP contribution in [-0.2, 0) is 0 Å². The zero-order valence-corrected chi connectivity index (χ0v) is 14.5. The van der Waals surface area contributed by atoms with Crippen molar-refractivity contribution in [3.63, 3.8) is 0 Å². The molecule has 3 aromatic carbocycles. The zero-order chi connectivity index (χ0) is 18.0. The molecule has 0 bridgehead atoms. The lowest BCUT2D eigenvalue weighted by Crippen LogP contribution is -1.98. The number of benzene rings is 3. The Morgan fingerprint density at radius 2 is 1.44 bits per heavy atom. The third-order valence-electron chi connectivity index (χ3n) is 3.66. The first kappa shape index (κ1) is 16.9. The van der Waals surface area contributed by atoms with Gasteiger partial charge in [-0.15, -0.1) is 0 Å². The fraction of sp³-hybridized carbons (Fsp3) is 0.0526. The van der Waals surface area contributed by atoms with Gasteiger partial charge in [0.2, 0.25) is 0 Å². The Morgan fingerprint density at radius 1 is 0.840 bits per heavy atom. The summed E-state index contributed by atoms with van der Waals surface area (Å²) < 4.78 is 11.1. The summed E-state index contributed by atoms with van der Waals surface area (Å²) in [5.41, 5.74) is -0.0948. The molecule has 3 aromatic rings. The highest BCUT2D eigenvalue weighted by Crippen LogP contribution is 2.47. The fourth-order valence-corrected chi connectivity index (χ4v) is 3.04. The molecule has 25 heavy (non-hydrogen) atoms. The highest BCUT2D eigenvalue weighted by atomic mass is 35.5. The lowest BCUT2D eigenvalue weighted by Gasteiger charge is -2.16. The Kier molecular flexibility index (Phi) is 4.67. The number of fused-ring (bicyclic) bond motifs is 1. The van der Waals surface area contributed by atoms with Crippen LogP contribution in [0.5, 0.6) is 17.2 Å². The quantitative estimate of drug-likeness (QED) is 0.595. The molecule has 0 aliphatic heterocycles. The molecule has 4 nitrogen and oxygen atoms in total. The van der Waals surface area contributed by atoms with Crippen LogP contribution in [-0.4, -0.2) is 7.11 Å². The van der Waals surface area contributed by atoms with E-state index < -0.39 is 0 Å². The van der Waals surface area contributed by atoms with E-state index in [2.05, 4.69) is 0 Å². The second-order valence-corrected chi connectivity index (χ2v) is 5.83. The average Bonchev–Trinajstić information content (AvgIpc) is 2.64. The maximum Gasteiger partial charge on any atom is 0.190 e. The molecule has 0 N–H and O–H groups in total. The third kappa shape index (κ3) is 2.94. The number of hydrogen-bond acceptors (Lipinski definition) is 4. The van der Waals surface area contributed by atoms with E-state index in [9.17, 15) is 10.5 Å². The summed E-state index contributed by atoms with van der Waals surface area (Å²) in [5.74, 6) is 0.707. The summed E-state index contributed by atoms with van der Waals surface area (Å²) in [7, 11) is 1.39. The molecule has 0 aliphatic carbocycles. The van der Waals surface area contributed by atoms with Crippen LogP contribution in [0.3, 0.4) is 0 Å². The van der Waals surface area contributed by atoms with E-state index in [1.165, 1.54) is 7.11 Å². The molecule has 122 valence electrons. The van der Waals surface area contributed by atoms with Gasteiger partial charge in [0.1, 0.15) is 27.9 Å². The number of nitrogens with zero attached hydrogens (tertiary/aromatic N) is 2. The van der Waals surface area contributed by atoms with Gasteiger partial charge < -0.3 is 9.47 Å². The van der Waals surface area contributed by atoms with Gasteiger partial charge in [-0.25, -0.2) is 0 Å². The van der Waals surface area contributed by atoms with Crippen LogP contribution in [0.15, 0.2) is 42.5 Å². The molecule has 0 aromatic heterocycles. The van der Waals surface area contributed by atoms with Crippen molar-refractivity contribution in [1.29, 1.82) is 10.5 Å². The summed E-state index contributed by atoms with van der Waals surface area (Å²) in [6.45, 7) is 0. The Labute approximate surface area is 154 Å². The monoisotopic (exact) mass is 368 g/mol. The van der Waals surface area contributed by atoms with E-state index in [0.717, 1.165) is 10.8 Å². The minimum Gasteiger partial charge on any atom is -0.491 e. The first-order chi connectivity index (χ1) is 12.1. The number of halogens is 2. The van der Waals surface area contributed by atoms with E-state index in [4.69, 9.17) is 32.7 Å². The lowest BCUT2D eigenvalue weighted by molar-refractivity contribution is 0.379. The van der Waals surface area contributed by atoms with Crippen molar-refractivity contribution >= 4 is 34.0 Å². The second kappa shape index (κ2) is 6.91. The number of methoxy groups -OCH3 is 1. The van der Waals surface area contributed by atoms with E-state index in [0.29, 0.717) is 5.75 Å². The van der Waals surface area contributed by atoms with Crippen molar-refractivity contribution in [2.24, 2.45) is 0 Å². The average molecular weight is 369 g/mol. The lowest BCUT2D eigenvalue weighted by atomic mass is 10.1. The Morgan fingerprint density at radius 3 is 2.04 bits per heavy atom. The van der Waals surface area contributed by atoms with Gasteiger partial charge in [0.15, 0.2) is 11.5 Å². The standard InChI is InChI=1S/C19H10Cl2N2O2/c1-24-18-16(20)14(9-22)15(10-23)17(21)19(18)25-13-7-6-11-4-2-3-5-12(11)8-13/h2-8H,1H3. The molecule has 0 saturated carbocycles. The van der Waals surface area contributed by atoms with E-state index in [1.54, 1.807) is 6.07 Å². The summed E-state index contributed by atoms with van der Waals surface area (Å²) in [6, 6.07) is 17.1. The minimum atomic E-state index is -0.0502. The van der Waals surface area contributed by atoms with E-state index >= 15 is 0 Å². The van der Waals surface area contributed by atoms with Crippen LogP contribution in [0, 0.1) is 22.7 Å². The highest BCUT2D eigenvalue weighted by molar-refractivity contribution is 6.37. The van der Waals surface area contributed by atoms with Crippen molar-refractivity contribution in [2.75, 3.05) is 7.11 Å². The maximum absolute atomic E-state index is 9.31. The molecule has 0 fully saturated rings. The van der Waals surface area contributed by atoms with Gasteiger partial charge in [-0.1, -0.05) is 53.5 Å².